The number of furan rings is 1. The van der Waals surface area contributed by atoms with Gasteiger partial charge in [0.1, 0.15) is 11.5 Å². The zero-order chi connectivity index (χ0) is 21.6. The fourth-order valence-corrected chi connectivity index (χ4v) is 5.37. The van der Waals surface area contributed by atoms with Crippen molar-refractivity contribution in [2.24, 2.45) is 5.92 Å². The number of amides is 3. The SMILES string of the molecule is Cc1ccc(C(CNC(=O)NC2CCN(C(=O)C3CCCCC3)CC2)N2CCCC2)o1. The van der Waals surface area contributed by atoms with Crippen LogP contribution < -0.4 is 10.6 Å². The van der Waals surface area contributed by atoms with Crippen molar-refractivity contribution < 1.29 is 14.0 Å². The van der Waals surface area contributed by atoms with Gasteiger partial charge in [-0.15, -0.1) is 0 Å². The smallest absolute Gasteiger partial charge is 0.315 e. The molecule has 172 valence electrons. The average molecular weight is 431 g/mol. The molecular formula is C24H38N4O3. The third kappa shape index (κ3) is 5.82. The van der Waals surface area contributed by atoms with Gasteiger partial charge in [-0.2, -0.15) is 0 Å². The highest BCUT2D eigenvalue weighted by molar-refractivity contribution is 5.79. The Hall–Kier alpha value is -2.02. The van der Waals surface area contributed by atoms with E-state index in [-0.39, 0.29) is 24.0 Å². The Kier molecular flexibility index (Phi) is 7.54. The predicted octanol–water partition coefficient (Wildman–Crippen LogP) is 3.60. The van der Waals surface area contributed by atoms with Crippen LogP contribution in [0.15, 0.2) is 16.5 Å². The predicted molar refractivity (Wildman–Crippen MR) is 120 cm³/mol. The van der Waals surface area contributed by atoms with Crippen molar-refractivity contribution in [3.63, 3.8) is 0 Å². The molecule has 0 radical (unpaired) electrons. The third-order valence-corrected chi connectivity index (χ3v) is 7.22. The monoisotopic (exact) mass is 430 g/mol. The van der Waals surface area contributed by atoms with Gasteiger partial charge in [0.15, 0.2) is 0 Å². The van der Waals surface area contributed by atoms with Gasteiger partial charge in [-0.3, -0.25) is 9.69 Å². The fourth-order valence-electron chi connectivity index (χ4n) is 5.37. The maximum atomic E-state index is 12.7. The number of rotatable bonds is 6. The van der Waals surface area contributed by atoms with E-state index in [4.69, 9.17) is 4.42 Å². The lowest BCUT2D eigenvalue weighted by Gasteiger charge is -2.35. The van der Waals surface area contributed by atoms with Crippen LogP contribution in [-0.2, 0) is 4.79 Å². The van der Waals surface area contributed by atoms with Crippen molar-refractivity contribution in [1.29, 1.82) is 0 Å². The van der Waals surface area contributed by atoms with Crippen LogP contribution in [0.2, 0.25) is 0 Å². The number of hydrogen-bond acceptors (Lipinski definition) is 4. The lowest BCUT2D eigenvalue weighted by atomic mass is 9.87. The van der Waals surface area contributed by atoms with E-state index in [1.165, 1.54) is 32.1 Å². The summed E-state index contributed by atoms with van der Waals surface area (Å²) >= 11 is 0. The number of nitrogens with one attached hydrogen (secondary N) is 2. The minimum absolute atomic E-state index is 0.0805. The summed E-state index contributed by atoms with van der Waals surface area (Å²) < 4.78 is 5.87. The Morgan fingerprint density at radius 2 is 1.71 bits per heavy atom. The first-order valence-corrected chi connectivity index (χ1v) is 12.2. The normalized spacial score (nSPS) is 22.4. The summed E-state index contributed by atoms with van der Waals surface area (Å²) in [5.74, 6) is 2.39. The number of likely N-dealkylation sites (tertiary alicyclic amines) is 2. The maximum Gasteiger partial charge on any atom is 0.315 e. The first-order valence-electron chi connectivity index (χ1n) is 12.2. The van der Waals surface area contributed by atoms with Gasteiger partial charge in [0.2, 0.25) is 5.91 Å². The van der Waals surface area contributed by atoms with Crippen molar-refractivity contribution in [3.8, 4) is 0 Å². The Labute approximate surface area is 185 Å². The molecule has 2 saturated heterocycles. The molecule has 0 aromatic carbocycles. The van der Waals surface area contributed by atoms with Crippen LogP contribution in [0.3, 0.4) is 0 Å². The number of carbonyl (C=O) groups is 2. The summed E-state index contributed by atoms with van der Waals surface area (Å²) in [6.45, 7) is 6.08. The molecule has 1 saturated carbocycles. The van der Waals surface area contributed by atoms with Crippen molar-refractivity contribution in [3.05, 3.63) is 23.7 Å². The Bertz CT molecular complexity index is 729. The molecule has 31 heavy (non-hydrogen) atoms. The molecule has 1 atom stereocenters. The number of carbonyl (C=O) groups excluding carboxylic acids is 2. The molecule has 3 fully saturated rings. The lowest BCUT2D eigenvalue weighted by Crippen LogP contribution is -2.51. The molecule has 7 nitrogen and oxygen atoms in total. The van der Waals surface area contributed by atoms with E-state index < -0.39 is 0 Å². The molecule has 0 spiro atoms. The summed E-state index contributed by atoms with van der Waals surface area (Å²) in [4.78, 5) is 29.7. The van der Waals surface area contributed by atoms with Crippen molar-refractivity contribution in [1.82, 2.24) is 20.4 Å². The minimum atomic E-state index is -0.121. The van der Waals surface area contributed by atoms with E-state index in [2.05, 4.69) is 15.5 Å². The molecule has 7 heteroatoms. The number of nitrogens with zero attached hydrogens (tertiary/aromatic N) is 2. The maximum absolute atomic E-state index is 12.7. The largest absolute Gasteiger partial charge is 0.465 e. The summed E-state index contributed by atoms with van der Waals surface area (Å²) in [6, 6.07) is 4.10. The fraction of sp³-hybridized carbons (Fsp3) is 0.750. The molecule has 3 heterocycles. The van der Waals surface area contributed by atoms with Gasteiger partial charge >= 0.3 is 6.03 Å². The Morgan fingerprint density at radius 3 is 2.35 bits per heavy atom. The van der Waals surface area contributed by atoms with Crippen molar-refractivity contribution >= 4 is 11.9 Å². The summed E-state index contributed by atoms with van der Waals surface area (Å²) in [7, 11) is 0. The van der Waals surface area contributed by atoms with E-state index in [1.807, 2.05) is 24.0 Å². The van der Waals surface area contributed by atoms with E-state index in [0.717, 1.165) is 63.4 Å². The summed E-state index contributed by atoms with van der Waals surface area (Å²) in [5, 5.41) is 6.19. The summed E-state index contributed by atoms with van der Waals surface area (Å²) in [6.07, 6.45) is 9.79. The zero-order valence-electron chi connectivity index (χ0n) is 18.9. The average Bonchev–Trinajstić information content (AvgIpc) is 3.47. The standard InChI is InChI=1S/C24H38N4O3/c1-18-9-10-22(31-18)21(27-13-5-6-14-27)17-25-24(30)26-20-11-15-28(16-12-20)23(29)19-7-3-2-4-8-19/h9-10,19-21H,2-8,11-17H2,1H3,(H2,25,26,30). The van der Waals surface area contributed by atoms with Gasteiger partial charge in [-0.1, -0.05) is 19.3 Å². The molecule has 1 aromatic rings. The Morgan fingerprint density at radius 1 is 1.00 bits per heavy atom. The van der Waals surface area contributed by atoms with Crippen LogP contribution in [0, 0.1) is 12.8 Å². The molecule has 3 amide bonds. The molecular weight excluding hydrogens is 392 g/mol. The van der Waals surface area contributed by atoms with Gasteiger partial charge < -0.3 is 20.0 Å². The zero-order valence-corrected chi connectivity index (χ0v) is 18.9. The van der Waals surface area contributed by atoms with Gasteiger partial charge in [-0.25, -0.2) is 4.79 Å². The van der Waals surface area contributed by atoms with Crippen LogP contribution in [0.1, 0.15) is 75.3 Å². The highest BCUT2D eigenvalue weighted by Gasteiger charge is 2.30. The van der Waals surface area contributed by atoms with Crippen molar-refractivity contribution in [2.75, 3.05) is 32.7 Å². The lowest BCUT2D eigenvalue weighted by molar-refractivity contribution is -0.137. The van der Waals surface area contributed by atoms with Crippen LogP contribution >= 0.6 is 0 Å². The van der Waals surface area contributed by atoms with E-state index in [9.17, 15) is 9.59 Å². The van der Waals surface area contributed by atoms with E-state index >= 15 is 0 Å². The second-order valence-electron chi connectivity index (χ2n) is 9.50. The van der Waals surface area contributed by atoms with Gasteiger partial charge in [0.05, 0.1) is 6.04 Å². The second kappa shape index (κ2) is 10.5. The molecule has 2 N–H and O–H groups in total. The van der Waals surface area contributed by atoms with Crippen LogP contribution in [0.25, 0.3) is 0 Å². The molecule has 4 rings (SSSR count). The molecule has 2 aliphatic heterocycles. The molecule has 0 bridgehead atoms. The minimum Gasteiger partial charge on any atom is -0.465 e. The van der Waals surface area contributed by atoms with E-state index in [1.54, 1.807) is 0 Å². The first kappa shape index (κ1) is 22.2. The Balaban J connectivity index is 1.22. The third-order valence-electron chi connectivity index (χ3n) is 7.22. The van der Waals surface area contributed by atoms with Crippen LogP contribution in [-0.4, -0.2) is 60.5 Å². The highest BCUT2D eigenvalue weighted by Crippen LogP contribution is 2.27. The molecule has 3 aliphatic rings. The molecule has 1 unspecified atom stereocenters. The van der Waals surface area contributed by atoms with Crippen LogP contribution in [0.4, 0.5) is 4.79 Å². The van der Waals surface area contributed by atoms with Gasteiger partial charge in [0, 0.05) is 31.6 Å². The van der Waals surface area contributed by atoms with Crippen molar-refractivity contribution in [2.45, 2.75) is 76.8 Å². The van der Waals surface area contributed by atoms with Gasteiger partial charge in [-0.05, 0) is 70.7 Å². The van der Waals surface area contributed by atoms with Crippen LogP contribution in [0.5, 0.6) is 0 Å². The topological polar surface area (TPSA) is 77.8 Å². The number of aryl methyl sites for hydroxylation is 1. The number of piperidine rings is 1. The number of hydrogen-bond donors (Lipinski definition) is 2. The molecule has 1 aromatic heterocycles. The quantitative estimate of drug-likeness (QED) is 0.723. The molecule has 1 aliphatic carbocycles. The van der Waals surface area contributed by atoms with Gasteiger partial charge in [0.25, 0.3) is 0 Å². The summed E-state index contributed by atoms with van der Waals surface area (Å²) in [5.41, 5.74) is 0. The van der Waals surface area contributed by atoms with E-state index in [0.29, 0.717) is 12.5 Å². The highest BCUT2D eigenvalue weighted by atomic mass is 16.3. The first-order chi connectivity index (χ1) is 15.1. The number of urea groups is 1. The second-order valence-corrected chi connectivity index (χ2v) is 9.50.